The van der Waals surface area contributed by atoms with Gasteiger partial charge in [-0.2, -0.15) is 0 Å². The third-order valence-corrected chi connectivity index (χ3v) is 5.30. The van der Waals surface area contributed by atoms with E-state index in [1.807, 2.05) is 37.3 Å². The molecule has 0 aliphatic carbocycles. The van der Waals surface area contributed by atoms with Crippen LogP contribution < -0.4 is 4.74 Å². The van der Waals surface area contributed by atoms with Crippen LogP contribution >= 0.6 is 11.6 Å². The van der Waals surface area contributed by atoms with Crippen LogP contribution in [0.1, 0.15) is 6.92 Å². The van der Waals surface area contributed by atoms with Gasteiger partial charge in [0.05, 0.1) is 5.75 Å². The number of benzene rings is 1. The summed E-state index contributed by atoms with van der Waals surface area (Å²) >= 11 is 5.64. The molecule has 19 heavy (non-hydrogen) atoms. The van der Waals surface area contributed by atoms with Gasteiger partial charge in [-0.25, -0.2) is 12.7 Å². The van der Waals surface area contributed by atoms with Crippen molar-refractivity contribution in [3.8, 4) is 5.75 Å². The van der Waals surface area contributed by atoms with Gasteiger partial charge in [-0.05, 0) is 18.1 Å². The number of para-hydroxylation sites is 1. The number of alkyl halides is 1. The number of hydrogen-bond donors (Lipinski definition) is 0. The second-order valence-corrected chi connectivity index (χ2v) is 6.95. The SMILES string of the molecule is CC(CCl)CS(=O)(=O)N(C)CCOc1ccccc1. The minimum Gasteiger partial charge on any atom is -0.492 e. The molecule has 0 radical (unpaired) electrons. The van der Waals surface area contributed by atoms with E-state index < -0.39 is 10.0 Å². The zero-order valence-electron chi connectivity index (χ0n) is 11.3. The minimum absolute atomic E-state index is 0.0517. The lowest BCUT2D eigenvalue weighted by molar-refractivity contribution is 0.286. The van der Waals surface area contributed by atoms with E-state index >= 15 is 0 Å². The van der Waals surface area contributed by atoms with Crippen LogP contribution in [0.3, 0.4) is 0 Å². The Labute approximate surface area is 120 Å². The molecule has 1 atom stereocenters. The summed E-state index contributed by atoms with van der Waals surface area (Å²) in [5.74, 6) is 1.10. The van der Waals surface area contributed by atoms with Crippen molar-refractivity contribution in [2.75, 3.05) is 31.8 Å². The fourth-order valence-corrected chi connectivity index (χ4v) is 3.16. The van der Waals surface area contributed by atoms with E-state index in [2.05, 4.69) is 0 Å². The van der Waals surface area contributed by atoms with Crippen LogP contribution in [0.5, 0.6) is 5.75 Å². The molecule has 6 heteroatoms. The van der Waals surface area contributed by atoms with Gasteiger partial charge in [0.25, 0.3) is 0 Å². The molecule has 0 spiro atoms. The smallest absolute Gasteiger partial charge is 0.214 e. The normalized spacial score (nSPS) is 13.5. The van der Waals surface area contributed by atoms with E-state index in [0.29, 0.717) is 19.0 Å². The summed E-state index contributed by atoms with van der Waals surface area (Å²) in [6, 6.07) is 9.32. The summed E-state index contributed by atoms with van der Waals surface area (Å²) in [6.07, 6.45) is 0. The van der Waals surface area contributed by atoms with E-state index in [-0.39, 0.29) is 11.7 Å². The van der Waals surface area contributed by atoms with E-state index in [9.17, 15) is 8.42 Å². The highest BCUT2D eigenvalue weighted by Gasteiger charge is 2.20. The molecule has 0 aliphatic heterocycles. The Kier molecular flexibility index (Phi) is 6.62. The maximum absolute atomic E-state index is 12.0. The molecule has 0 amide bonds. The quantitative estimate of drug-likeness (QED) is 0.692. The van der Waals surface area contributed by atoms with Crippen molar-refractivity contribution in [3.63, 3.8) is 0 Å². The maximum atomic E-state index is 12.0. The molecule has 0 aromatic heterocycles. The van der Waals surface area contributed by atoms with Crippen molar-refractivity contribution in [2.45, 2.75) is 6.92 Å². The highest BCUT2D eigenvalue weighted by Crippen LogP contribution is 2.10. The molecular weight excluding hydrogens is 286 g/mol. The topological polar surface area (TPSA) is 46.6 Å². The predicted octanol–water partition coefficient (Wildman–Crippen LogP) is 2.20. The first-order valence-corrected chi connectivity index (χ1v) is 8.28. The van der Waals surface area contributed by atoms with Gasteiger partial charge in [0.1, 0.15) is 12.4 Å². The molecule has 0 N–H and O–H groups in total. The number of nitrogens with zero attached hydrogens (tertiary/aromatic N) is 1. The van der Waals surface area contributed by atoms with Gasteiger partial charge < -0.3 is 4.74 Å². The Bertz CT molecular complexity index is 464. The average Bonchev–Trinajstić information content (AvgIpc) is 2.39. The molecule has 0 saturated carbocycles. The van der Waals surface area contributed by atoms with Gasteiger partial charge in [0.2, 0.25) is 10.0 Å². The van der Waals surface area contributed by atoms with Gasteiger partial charge >= 0.3 is 0 Å². The second kappa shape index (κ2) is 7.72. The molecule has 0 saturated heterocycles. The van der Waals surface area contributed by atoms with Crippen molar-refractivity contribution in [3.05, 3.63) is 30.3 Å². The standard InChI is InChI=1S/C13H20ClNO3S/c1-12(10-14)11-19(16,17)15(2)8-9-18-13-6-4-3-5-7-13/h3-7,12H,8-11H2,1-2H3. The third-order valence-electron chi connectivity index (χ3n) is 2.65. The van der Waals surface area contributed by atoms with E-state index in [1.54, 1.807) is 7.05 Å². The zero-order valence-corrected chi connectivity index (χ0v) is 12.8. The van der Waals surface area contributed by atoms with Crippen molar-refractivity contribution in [2.24, 2.45) is 5.92 Å². The van der Waals surface area contributed by atoms with Gasteiger partial charge in [-0.3, -0.25) is 0 Å². The lowest BCUT2D eigenvalue weighted by Gasteiger charge is -2.19. The number of ether oxygens (including phenoxy) is 1. The summed E-state index contributed by atoms with van der Waals surface area (Å²) < 4.78 is 30.7. The maximum Gasteiger partial charge on any atom is 0.214 e. The van der Waals surface area contributed by atoms with Crippen molar-refractivity contribution in [1.82, 2.24) is 4.31 Å². The minimum atomic E-state index is -3.26. The van der Waals surface area contributed by atoms with Crippen LogP contribution in [0.4, 0.5) is 0 Å². The number of likely N-dealkylation sites (N-methyl/N-ethyl adjacent to an activating group) is 1. The van der Waals surface area contributed by atoms with Crippen LogP contribution in [-0.2, 0) is 10.0 Å². The Morgan fingerprint density at radius 1 is 1.32 bits per heavy atom. The summed E-state index contributed by atoms with van der Waals surface area (Å²) in [7, 11) is -1.70. The molecule has 1 aromatic carbocycles. The Morgan fingerprint density at radius 2 is 1.95 bits per heavy atom. The molecular formula is C13H20ClNO3S. The third kappa shape index (κ3) is 5.80. The summed E-state index contributed by atoms with van der Waals surface area (Å²) in [5, 5.41) is 0. The van der Waals surface area contributed by atoms with Crippen LogP contribution in [0, 0.1) is 5.92 Å². The summed E-state index contributed by atoms with van der Waals surface area (Å²) in [4.78, 5) is 0. The van der Waals surface area contributed by atoms with Gasteiger partial charge in [-0.1, -0.05) is 25.1 Å². The van der Waals surface area contributed by atoms with Gasteiger partial charge in [0.15, 0.2) is 0 Å². The molecule has 1 aromatic rings. The first-order valence-electron chi connectivity index (χ1n) is 6.13. The fourth-order valence-electron chi connectivity index (χ4n) is 1.48. The number of halogens is 1. The molecule has 0 bridgehead atoms. The first kappa shape index (κ1) is 16.3. The molecule has 0 fully saturated rings. The van der Waals surface area contributed by atoms with Crippen LogP contribution in [-0.4, -0.2) is 44.6 Å². The zero-order chi connectivity index (χ0) is 14.3. The lowest BCUT2D eigenvalue weighted by Crippen LogP contribution is -2.34. The Morgan fingerprint density at radius 3 is 2.53 bits per heavy atom. The fraction of sp³-hybridized carbons (Fsp3) is 0.538. The summed E-state index contributed by atoms with van der Waals surface area (Å²) in [5.41, 5.74) is 0. The van der Waals surface area contributed by atoms with Crippen LogP contribution in [0.2, 0.25) is 0 Å². The first-order chi connectivity index (χ1) is 8.95. The average molecular weight is 306 g/mol. The molecule has 0 heterocycles. The molecule has 108 valence electrons. The predicted molar refractivity (Wildman–Crippen MR) is 78.2 cm³/mol. The van der Waals surface area contributed by atoms with E-state index in [0.717, 1.165) is 5.75 Å². The van der Waals surface area contributed by atoms with Crippen LogP contribution in [0.25, 0.3) is 0 Å². The number of rotatable bonds is 8. The highest BCUT2D eigenvalue weighted by atomic mass is 35.5. The number of hydrogen-bond acceptors (Lipinski definition) is 3. The van der Waals surface area contributed by atoms with Crippen molar-refractivity contribution < 1.29 is 13.2 Å². The van der Waals surface area contributed by atoms with E-state index in [4.69, 9.17) is 16.3 Å². The largest absolute Gasteiger partial charge is 0.492 e. The monoisotopic (exact) mass is 305 g/mol. The highest BCUT2D eigenvalue weighted by molar-refractivity contribution is 7.89. The van der Waals surface area contributed by atoms with Crippen LogP contribution in [0.15, 0.2) is 30.3 Å². The molecule has 0 aliphatic rings. The molecule has 1 rings (SSSR count). The number of sulfonamides is 1. The second-order valence-electron chi connectivity index (χ2n) is 4.52. The van der Waals surface area contributed by atoms with Gasteiger partial charge in [-0.15, -0.1) is 11.6 Å². The molecule has 1 unspecified atom stereocenters. The summed E-state index contributed by atoms with van der Waals surface area (Å²) in [6.45, 7) is 2.47. The van der Waals surface area contributed by atoms with Crippen molar-refractivity contribution in [1.29, 1.82) is 0 Å². The molecule has 4 nitrogen and oxygen atoms in total. The Balaban J connectivity index is 2.40. The Hall–Kier alpha value is -0.780. The lowest BCUT2D eigenvalue weighted by atomic mass is 10.3. The van der Waals surface area contributed by atoms with E-state index in [1.165, 1.54) is 4.31 Å². The van der Waals surface area contributed by atoms with Gasteiger partial charge in [0, 0.05) is 19.5 Å². The van der Waals surface area contributed by atoms with Crippen molar-refractivity contribution >= 4 is 21.6 Å².